The van der Waals surface area contributed by atoms with Gasteiger partial charge in [-0.2, -0.15) is 0 Å². The second-order valence-corrected chi connectivity index (χ2v) is 4.66. The third kappa shape index (κ3) is 4.45. The number of aromatic nitrogens is 4. The van der Waals surface area contributed by atoms with E-state index in [0.717, 1.165) is 31.8 Å². The number of hydrogen-bond donors (Lipinski definition) is 0. The van der Waals surface area contributed by atoms with Crippen LogP contribution in [-0.4, -0.2) is 32.9 Å². The molecule has 1 aromatic heterocycles. The van der Waals surface area contributed by atoms with Gasteiger partial charge in [0.2, 0.25) is 0 Å². The molecule has 0 fully saturated rings. The van der Waals surface area contributed by atoms with Crippen molar-refractivity contribution in [3.05, 3.63) is 5.82 Å². The van der Waals surface area contributed by atoms with E-state index < -0.39 is 0 Å². The lowest BCUT2D eigenvalue weighted by Gasteiger charge is -2.08. The highest BCUT2D eigenvalue weighted by Crippen LogP contribution is 2.15. The summed E-state index contributed by atoms with van der Waals surface area (Å²) in [4.78, 5) is 0. The van der Waals surface area contributed by atoms with Crippen LogP contribution in [0.5, 0.6) is 0 Å². The molecule has 0 saturated heterocycles. The van der Waals surface area contributed by atoms with E-state index in [9.17, 15) is 0 Å². The fourth-order valence-corrected chi connectivity index (χ4v) is 1.49. The standard InChI is InChI=1S/C10H19ClN4O/c1-8(2)16-7-5-4-6-15-10(9(3)11)12-13-14-15/h8-9H,4-7H2,1-3H3. The first-order valence-corrected chi connectivity index (χ1v) is 6.06. The molecule has 0 saturated carbocycles. The van der Waals surface area contributed by atoms with Crippen LogP contribution in [0.25, 0.3) is 0 Å². The first kappa shape index (κ1) is 13.4. The van der Waals surface area contributed by atoms with E-state index in [4.69, 9.17) is 16.3 Å². The average molecular weight is 247 g/mol. The molecule has 1 heterocycles. The van der Waals surface area contributed by atoms with Crippen molar-refractivity contribution in [1.29, 1.82) is 0 Å². The highest BCUT2D eigenvalue weighted by molar-refractivity contribution is 6.20. The zero-order valence-corrected chi connectivity index (χ0v) is 10.8. The van der Waals surface area contributed by atoms with Crippen LogP contribution in [0.4, 0.5) is 0 Å². The van der Waals surface area contributed by atoms with E-state index in [-0.39, 0.29) is 5.38 Å². The minimum atomic E-state index is -0.151. The summed E-state index contributed by atoms with van der Waals surface area (Å²) < 4.78 is 7.21. The zero-order chi connectivity index (χ0) is 12.0. The Kier molecular flexibility index (Phi) is 5.69. The molecule has 16 heavy (non-hydrogen) atoms. The fourth-order valence-electron chi connectivity index (χ4n) is 1.34. The van der Waals surface area contributed by atoms with Crippen LogP contribution in [-0.2, 0) is 11.3 Å². The summed E-state index contributed by atoms with van der Waals surface area (Å²) in [5.74, 6) is 0.728. The largest absolute Gasteiger partial charge is 0.379 e. The number of hydrogen-bond acceptors (Lipinski definition) is 4. The van der Waals surface area contributed by atoms with Gasteiger partial charge >= 0.3 is 0 Å². The molecule has 0 N–H and O–H groups in total. The van der Waals surface area contributed by atoms with E-state index in [1.165, 1.54) is 0 Å². The predicted molar refractivity (Wildman–Crippen MR) is 62.4 cm³/mol. The predicted octanol–water partition coefficient (Wildman–Crippen LogP) is 2.18. The second-order valence-electron chi connectivity index (χ2n) is 4.00. The third-order valence-electron chi connectivity index (χ3n) is 2.13. The monoisotopic (exact) mass is 246 g/mol. The van der Waals surface area contributed by atoms with Crippen molar-refractivity contribution in [3.8, 4) is 0 Å². The van der Waals surface area contributed by atoms with Gasteiger partial charge in [0.15, 0.2) is 5.82 Å². The Labute approximate surface area is 101 Å². The van der Waals surface area contributed by atoms with Gasteiger partial charge in [0.1, 0.15) is 0 Å². The van der Waals surface area contributed by atoms with Gasteiger partial charge in [0.05, 0.1) is 11.5 Å². The number of alkyl halides is 1. The molecule has 0 amide bonds. The van der Waals surface area contributed by atoms with E-state index in [1.54, 1.807) is 4.68 Å². The molecule has 0 aliphatic rings. The number of ether oxygens (including phenoxy) is 1. The highest BCUT2D eigenvalue weighted by Gasteiger charge is 2.10. The normalized spacial score (nSPS) is 13.3. The summed E-state index contributed by atoms with van der Waals surface area (Å²) in [6.45, 7) is 7.52. The van der Waals surface area contributed by atoms with Gasteiger partial charge in [0, 0.05) is 13.2 Å². The van der Waals surface area contributed by atoms with Crippen LogP contribution in [0, 0.1) is 0 Å². The first-order valence-electron chi connectivity index (χ1n) is 5.63. The Balaban J connectivity index is 2.24. The summed E-state index contributed by atoms with van der Waals surface area (Å²) in [6.07, 6.45) is 2.30. The molecule has 5 nitrogen and oxygen atoms in total. The van der Waals surface area contributed by atoms with Crippen molar-refractivity contribution in [1.82, 2.24) is 20.2 Å². The fraction of sp³-hybridized carbons (Fsp3) is 0.900. The Morgan fingerprint density at radius 2 is 2.06 bits per heavy atom. The van der Waals surface area contributed by atoms with E-state index >= 15 is 0 Å². The minimum Gasteiger partial charge on any atom is -0.379 e. The van der Waals surface area contributed by atoms with Gasteiger partial charge in [-0.3, -0.25) is 0 Å². The van der Waals surface area contributed by atoms with E-state index in [1.807, 2.05) is 20.8 Å². The molecule has 6 heteroatoms. The number of halogens is 1. The number of tetrazole rings is 1. The van der Waals surface area contributed by atoms with Crippen molar-refractivity contribution in [2.45, 2.75) is 51.6 Å². The maximum Gasteiger partial charge on any atom is 0.168 e. The molecule has 1 unspecified atom stereocenters. The number of unbranched alkanes of at least 4 members (excludes halogenated alkanes) is 1. The topological polar surface area (TPSA) is 52.8 Å². The molecular formula is C10H19ClN4O. The number of rotatable bonds is 7. The van der Waals surface area contributed by atoms with Gasteiger partial charge < -0.3 is 4.74 Å². The molecule has 0 spiro atoms. The second kappa shape index (κ2) is 6.81. The summed E-state index contributed by atoms with van der Waals surface area (Å²) in [6, 6.07) is 0. The van der Waals surface area contributed by atoms with Crippen molar-refractivity contribution < 1.29 is 4.74 Å². The molecule has 0 aromatic carbocycles. The van der Waals surface area contributed by atoms with Crippen LogP contribution >= 0.6 is 11.6 Å². The van der Waals surface area contributed by atoms with E-state index in [0.29, 0.717) is 6.10 Å². The molecule has 1 rings (SSSR count). The maximum absolute atomic E-state index is 5.94. The summed E-state index contributed by atoms with van der Waals surface area (Å²) in [5.41, 5.74) is 0. The lowest BCUT2D eigenvalue weighted by Crippen LogP contribution is -2.09. The molecule has 0 bridgehead atoms. The van der Waals surface area contributed by atoms with Crippen molar-refractivity contribution in [2.24, 2.45) is 0 Å². The van der Waals surface area contributed by atoms with Gasteiger partial charge in [0.25, 0.3) is 0 Å². The summed E-state index contributed by atoms with van der Waals surface area (Å²) in [7, 11) is 0. The quantitative estimate of drug-likeness (QED) is 0.547. The lowest BCUT2D eigenvalue weighted by atomic mass is 10.3. The number of aryl methyl sites for hydroxylation is 1. The third-order valence-corrected chi connectivity index (χ3v) is 2.33. The average Bonchev–Trinajstić information content (AvgIpc) is 2.65. The molecule has 1 aromatic rings. The van der Waals surface area contributed by atoms with Gasteiger partial charge in [-0.25, -0.2) is 4.68 Å². The van der Waals surface area contributed by atoms with Crippen LogP contribution in [0.3, 0.4) is 0 Å². The van der Waals surface area contributed by atoms with Crippen LogP contribution in [0.15, 0.2) is 0 Å². The van der Waals surface area contributed by atoms with Crippen molar-refractivity contribution in [3.63, 3.8) is 0 Å². The van der Waals surface area contributed by atoms with E-state index in [2.05, 4.69) is 15.5 Å². The Hall–Kier alpha value is -0.680. The molecule has 0 aliphatic carbocycles. The Morgan fingerprint density at radius 3 is 2.69 bits per heavy atom. The first-order chi connectivity index (χ1) is 7.61. The van der Waals surface area contributed by atoms with Crippen molar-refractivity contribution in [2.75, 3.05) is 6.61 Å². The lowest BCUT2D eigenvalue weighted by molar-refractivity contribution is 0.0752. The van der Waals surface area contributed by atoms with Crippen molar-refractivity contribution >= 4 is 11.6 Å². The van der Waals surface area contributed by atoms with Gasteiger partial charge in [-0.1, -0.05) is 0 Å². The van der Waals surface area contributed by atoms with Gasteiger partial charge in [-0.05, 0) is 44.0 Å². The SMILES string of the molecule is CC(C)OCCCCn1nnnc1C(C)Cl. The number of nitrogens with zero attached hydrogens (tertiary/aromatic N) is 4. The molecule has 1 atom stereocenters. The maximum atomic E-state index is 5.94. The summed E-state index contributed by atoms with van der Waals surface area (Å²) in [5, 5.41) is 11.2. The minimum absolute atomic E-state index is 0.151. The Morgan fingerprint density at radius 1 is 1.31 bits per heavy atom. The summed E-state index contributed by atoms with van der Waals surface area (Å²) >= 11 is 5.94. The van der Waals surface area contributed by atoms with Crippen LogP contribution < -0.4 is 0 Å². The molecule has 0 aliphatic heterocycles. The Bertz CT molecular complexity index is 301. The molecule has 92 valence electrons. The van der Waals surface area contributed by atoms with Crippen LogP contribution in [0.1, 0.15) is 44.8 Å². The zero-order valence-electron chi connectivity index (χ0n) is 10.1. The van der Waals surface area contributed by atoms with Gasteiger partial charge in [-0.15, -0.1) is 16.7 Å². The highest BCUT2D eigenvalue weighted by atomic mass is 35.5. The van der Waals surface area contributed by atoms with Crippen LogP contribution in [0.2, 0.25) is 0 Å². The molecular weight excluding hydrogens is 228 g/mol. The molecule has 0 radical (unpaired) electrons. The smallest absolute Gasteiger partial charge is 0.168 e.